The van der Waals surface area contributed by atoms with Crippen LogP contribution in [0.3, 0.4) is 0 Å². The highest BCUT2D eigenvalue weighted by Gasteiger charge is 2.18. The zero-order chi connectivity index (χ0) is 12.6. The number of aryl methyl sites for hydroxylation is 1. The molecule has 1 atom stereocenters. The van der Waals surface area contributed by atoms with Gasteiger partial charge in [0.25, 0.3) is 0 Å². The molecule has 0 aliphatic heterocycles. The Kier molecular flexibility index (Phi) is 4.08. The lowest BCUT2D eigenvalue weighted by atomic mass is 10.0. The van der Waals surface area contributed by atoms with Crippen LogP contribution in [0.15, 0.2) is 33.2 Å². The maximum absolute atomic E-state index is 10.5. The molecule has 1 heterocycles. The first-order chi connectivity index (χ1) is 8.00. The van der Waals surface area contributed by atoms with Crippen LogP contribution in [0.2, 0.25) is 0 Å². The Morgan fingerprint density at radius 1 is 1.18 bits per heavy atom. The molecule has 2 aromatic rings. The molecule has 1 N–H and O–H groups in total. The number of aliphatic hydroxyl groups is 1. The standard InChI is InChI=1S/C13H12Br2OS/c1-7-6-11(15)13(17-7)12(16)9-4-3-5-10(14)8(9)2/h3-6,12,16H,1-2H3. The third kappa shape index (κ3) is 2.65. The highest BCUT2D eigenvalue weighted by atomic mass is 79.9. The first-order valence-electron chi connectivity index (χ1n) is 5.19. The fraction of sp³-hybridized carbons (Fsp3) is 0.231. The Hall–Kier alpha value is -0.160. The largest absolute Gasteiger partial charge is 0.383 e. The summed E-state index contributed by atoms with van der Waals surface area (Å²) in [7, 11) is 0. The molecule has 0 bridgehead atoms. The van der Waals surface area contributed by atoms with Gasteiger partial charge in [-0.15, -0.1) is 11.3 Å². The molecule has 2 rings (SSSR count). The molecule has 4 heteroatoms. The first kappa shape index (κ1) is 13.3. The van der Waals surface area contributed by atoms with E-state index in [1.165, 1.54) is 4.88 Å². The fourth-order valence-electron chi connectivity index (χ4n) is 1.75. The van der Waals surface area contributed by atoms with Gasteiger partial charge < -0.3 is 5.11 Å². The number of halogens is 2. The van der Waals surface area contributed by atoms with E-state index in [1.54, 1.807) is 11.3 Å². The van der Waals surface area contributed by atoms with E-state index in [1.807, 2.05) is 38.1 Å². The second-order valence-electron chi connectivity index (χ2n) is 3.93. The van der Waals surface area contributed by atoms with Gasteiger partial charge in [0.2, 0.25) is 0 Å². The topological polar surface area (TPSA) is 20.2 Å². The average molecular weight is 376 g/mol. The molecule has 0 aliphatic rings. The van der Waals surface area contributed by atoms with Crippen LogP contribution < -0.4 is 0 Å². The summed E-state index contributed by atoms with van der Waals surface area (Å²) in [5.74, 6) is 0. The van der Waals surface area contributed by atoms with Gasteiger partial charge in [-0.1, -0.05) is 28.1 Å². The SMILES string of the molecule is Cc1cc(Br)c(C(O)c2cccc(Br)c2C)s1. The number of hydrogen-bond donors (Lipinski definition) is 1. The Labute approximate surface area is 122 Å². The second-order valence-corrected chi connectivity index (χ2v) is 6.92. The number of hydrogen-bond acceptors (Lipinski definition) is 2. The maximum Gasteiger partial charge on any atom is 0.115 e. The van der Waals surface area contributed by atoms with Crippen molar-refractivity contribution in [1.29, 1.82) is 0 Å². The van der Waals surface area contributed by atoms with E-state index in [-0.39, 0.29) is 0 Å². The van der Waals surface area contributed by atoms with Crippen LogP contribution in [0.1, 0.15) is 27.0 Å². The Morgan fingerprint density at radius 3 is 2.47 bits per heavy atom. The van der Waals surface area contributed by atoms with Crippen molar-refractivity contribution in [3.8, 4) is 0 Å². The molecular weight excluding hydrogens is 364 g/mol. The van der Waals surface area contributed by atoms with Crippen molar-refractivity contribution < 1.29 is 5.11 Å². The Morgan fingerprint density at radius 2 is 1.88 bits per heavy atom. The van der Waals surface area contributed by atoms with Crippen molar-refractivity contribution in [2.24, 2.45) is 0 Å². The van der Waals surface area contributed by atoms with Crippen LogP contribution in [-0.2, 0) is 0 Å². The molecule has 0 aliphatic carbocycles. The lowest BCUT2D eigenvalue weighted by molar-refractivity contribution is 0.222. The Balaban J connectivity index is 2.47. The van der Waals surface area contributed by atoms with E-state index < -0.39 is 6.10 Å². The molecule has 1 aromatic heterocycles. The molecule has 17 heavy (non-hydrogen) atoms. The molecule has 0 amide bonds. The van der Waals surface area contributed by atoms with Gasteiger partial charge in [0, 0.05) is 13.8 Å². The lowest BCUT2D eigenvalue weighted by Gasteiger charge is -2.14. The van der Waals surface area contributed by atoms with E-state index >= 15 is 0 Å². The summed E-state index contributed by atoms with van der Waals surface area (Å²) in [6.45, 7) is 4.05. The minimum absolute atomic E-state index is 0.569. The predicted molar refractivity (Wildman–Crippen MR) is 79.7 cm³/mol. The molecule has 0 radical (unpaired) electrons. The summed E-state index contributed by atoms with van der Waals surface area (Å²) in [4.78, 5) is 2.15. The zero-order valence-electron chi connectivity index (χ0n) is 9.50. The summed E-state index contributed by atoms with van der Waals surface area (Å²) < 4.78 is 2.00. The van der Waals surface area contributed by atoms with Crippen molar-refractivity contribution >= 4 is 43.2 Å². The monoisotopic (exact) mass is 374 g/mol. The zero-order valence-corrected chi connectivity index (χ0v) is 13.5. The third-order valence-electron chi connectivity index (χ3n) is 2.69. The van der Waals surface area contributed by atoms with Crippen molar-refractivity contribution in [2.45, 2.75) is 20.0 Å². The van der Waals surface area contributed by atoms with Crippen molar-refractivity contribution in [2.75, 3.05) is 0 Å². The van der Waals surface area contributed by atoms with E-state index in [2.05, 4.69) is 31.9 Å². The van der Waals surface area contributed by atoms with Gasteiger partial charge in [0.1, 0.15) is 6.10 Å². The van der Waals surface area contributed by atoms with E-state index in [0.717, 1.165) is 24.9 Å². The van der Waals surface area contributed by atoms with Crippen LogP contribution in [0.4, 0.5) is 0 Å². The van der Waals surface area contributed by atoms with E-state index in [4.69, 9.17) is 0 Å². The number of rotatable bonds is 2. The molecule has 0 saturated carbocycles. The second kappa shape index (κ2) is 5.22. The number of thiophene rings is 1. The van der Waals surface area contributed by atoms with Gasteiger partial charge in [0.15, 0.2) is 0 Å². The van der Waals surface area contributed by atoms with Gasteiger partial charge in [-0.25, -0.2) is 0 Å². The van der Waals surface area contributed by atoms with Crippen LogP contribution >= 0.6 is 43.2 Å². The minimum atomic E-state index is -0.569. The minimum Gasteiger partial charge on any atom is -0.383 e. The van der Waals surface area contributed by atoms with Crippen LogP contribution in [0.25, 0.3) is 0 Å². The van der Waals surface area contributed by atoms with Gasteiger partial charge >= 0.3 is 0 Å². The van der Waals surface area contributed by atoms with Crippen LogP contribution in [-0.4, -0.2) is 5.11 Å². The molecule has 0 fully saturated rings. The van der Waals surface area contributed by atoms with Crippen LogP contribution in [0, 0.1) is 13.8 Å². The highest BCUT2D eigenvalue weighted by Crippen LogP contribution is 2.37. The molecule has 90 valence electrons. The molecule has 0 spiro atoms. The van der Waals surface area contributed by atoms with E-state index in [9.17, 15) is 5.11 Å². The smallest absolute Gasteiger partial charge is 0.115 e. The summed E-state index contributed by atoms with van der Waals surface area (Å²) >= 11 is 8.61. The first-order valence-corrected chi connectivity index (χ1v) is 7.60. The quantitative estimate of drug-likeness (QED) is 0.785. The van der Waals surface area contributed by atoms with Gasteiger partial charge in [0.05, 0.1) is 4.88 Å². The molecule has 1 unspecified atom stereocenters. The molecule has 1 nitrogen and oxygen atoms in total. The summed E-state index contributed by atoms with van der Waals surface area (Å²) in [6.07, 6.45) is -0.569. The van der Waals surface area contributed by atoms with E-state index in [0.29, 0.717) is 0 Å². The fourth-order valence-corrected chi connectivity index (χ4v) is 4.00. The molecular formula is C13H12Br2OS. The summed E-state index contributed by atoms with van der Waals surface area (Å²) in [5.41, 5.74) is 2.03. The Bertz CT molecular complexity index is 548. The molecule has 1 aromatic carbocycles. The van der Waals surface area contributed by atoms with Crippen molar-refractivity contribution in [1.82, 2.24) is 0 Å². The average Bonchev–Trinajstić information content (AvgIpc) is 2.61. The van der Waals surface area contributed by atoms with Crippen molar-refractivity contribution in [3.05, 3.63) is 54.1 Å². The molecule has 0 saturated heterocycles. The summed E-state index contributed by atoms with van der Waals surface area (Å²) in [6, 6.07) is 7.94. The number of benzene rings is 1. The maximum atomic E-state index is 10.5. The van der Waals surface area contributed by atoms with Gasteiger partial charge in [-0.2, -0.15) is 0 Å². The third-order valence-corrected chi connectivity index (χ3v) is 5.57. The normalized spacial score (nSPS) is 12.8. The predicted octanol–water partition coefficient (Wildman–Crippen LogP) is 4.97. The highest BCUT2D eigenvalue weighted by molar-refractivity contribution is 9.10. The van der Waals surface area contributed by atoms with Crippen molar-refractivity contribution in [3.63, 3.8) is 0 Å². The van der Waals surface area contributed by atoms with Crippen LogP contribution in [0.5, 0.6) is 0 Å². The summed E-state index contributed by atoms with van der Waals surface area (Å²) in [5, 5.41) is 10.5. The van der Waals surface area contributed by atoms with Gasteiger partial charge in [-0.3, -0.25) is 0 Å². The lowest BCUT2D eigenvalue weighted by Crippen LogP contribution is -2.00. The number of aliphatic hydroxyl groups excluding tert-OH is 1. The van der Waals surface area contributed by atoms with Gasteiger partial charge in [-0.05, 0) is 53.0 Å².